The van der Waals surface area contributed by atoms with Crippen molar-refractivity contribution in [1.82, 2.24) is 14.8 Å². The van der Waals surface area contributed by atoms with E-state index in [9.17, 15) is 4.79 Å². The maximum atomic E-state index is 11.9. The van der Waals surface area contributed by atoms with Gasteiger partial charge in [0.25, 0.3) is 5.56 Å². The lowest BCUT2D eigenvalue weighted by Crippen LogP contribution is -2.24. The fraction of sp³-hybridized carbons (Fsp3) is 0.214. The second-order valence-electron chi connectivity index (χ2n) is 4.16. The molecule has 1 N–H and O–H groups in total. The normalized spacial score (nSPS) is 10.1. The van der Waals surface area contributed by atoms with Gasteiger partial charge in [0.2, 0.25) is 0 Å². The van der Waals surface area contributed by atoms with Crippen LogP contribution in [0.5, 0.6) is 0 Å². The third-order valence-electron chi connectivity index (χ3n) is 2.63. The molecule has 6 heteroatoms. The summed E-state index contributed by atoms with van der Waals surface area (Å²) in [5.41, 5.74) is 2.20. The van der Waals surface area contributed by atoms with Crippen LogP contribution in [-0.2, 0) is 13.1 Å². The van der Waals surface area contributed by atoms with Gasteiger partial charge >= 0.3 is 0 Å². The van der Waals surface area contributed by atoms with Gasteiger partial charge in [-0.1, -0.05) is 12.0 Å². The molecule has 0 aliphatic carbocycles. The van der Waals surface area contributed by atoms with Crippen molar-refractivity contribution < 1.29 is 0 Å². The van der Waals surface area contributed by atoms with Crippen molar-refractivity contribution in [2.75, 3.05) is 5.32 Å². The largest absolute Gasteiger partial charge is 0.377 e. The lowest BCUT2D eigenvalue weighted by atomic mass is 10.3. The van der Waals surface area contributed by atoms with Crippen LogP contribution >= 0.6 is 15.9 Å². The van der Waals surface area contributed by atoms with E-state index in [2.05, 4.69) is 37.2 Å². The van der Waals surface area contributed by atoms with Crippen molar-refractivity contribution in [3.05, 3.63) is 50.6 Å². The zero-order valence-corrected chi connectivity index (χ0v) is 12.5. The molecule has 0 aliphatic heterocycles. The van der Waals surface area contributed by atoms with E-state index in [0.29, 0.717) is 16.7 Å². The lowest BCUT2D eigenvalue weighted by molar-refractivity contribution is 0.659. The number of terminal acetylenes is 1. The predicted molar refractivity (Wildman–Crippen MR) is 81.3 cm³/mol. The Labute approximate surface area is 125 Å². The summed E-state index contributed by atoms with van der Waals surface area (Å²) >= 11 is 3.26. The van der Waals surface area contributed by atoms with E-state index in [1.165, 1.54) is 4.68 Å². The molecule has 2 aromatic heterocycles. The molecule has 0 fully saturated rings. The van der Waals surface area contributed by atoms with Crippen LogP contribution in [0.1, 0.15) is 11.4 Å². The topological polar surface area (TPSA) is 59.8 Å². The molecule has 0 spiro atoms. The van der Waals surface area contributed by atoms with Crippen molar-refractivity contribution in [3.8, 4) is 12.3 Å². The van der Waals surface area contributed by atoms with Gasteiger partial charge in [0.15, 0.2) is 0 Å². The van der Waals surface area contributed by atoms with Crippen LogP contribution in [-0.4, -0.2) is 14.8 Å². The van der Waals surface area contributed by atoms with E-state index in [-0.39, 0.29) is 12.1 Å². The average molecular weight is 333 g/mol. The number of anilines is 1. The van der Waals surface area contributed by atoms with Crippen LogP contribution in [0.4, 0.5) is 5.69 Å². The third-order valence-corrected chi connectivity index (χ3v) is 3.40. The summed E-state index contributed by atoms with van der Waals surface area (Å²) in [7, 11) is 0. The first-order valence-electron chi connectivity index (χ1n) is 5.97. The van der Waals surface area contributed by atoms with Crippen molar-refractivity contribution in [1.29, 1.82) is 0 Å². The number of pyridine rings is 1. The number of nitrogens with zero attached hydrogens (tertiary/aromatic N) is 3. The summed E-state index contributed by atoms with van der Waals surface area (Å²) in [6.07, 6.45) is 6.75. The highest BCUT2D eigenvalue weighted by molar-refractivity contribution is 9.10. The number of aromatic nitrogens is 3. The first-order valence-corrected chi connectivity index (χ1v) is 6.76. The van der Waals surface area contributed by atoms with Crippen LogP contribution in [0.3, 0.4) is 0 Å². The van der Waals surface area contributed by atoms with Crippen molar-refractivity contribution in [3.63, 3.8) is 0 Å². The molecule has 0 radical (unpaired) electrons. The molecule has 2 heterocycles. The predicted octanol–water partition coefficient (Wildman–Crippen LogP) is 1.95. The number of halogens is 1. The fourth-order valence-corrected chi connectivity index (χ4v) is 2.12. The maximum Gasteiger partial charge on any atom is 0.284 e. The van der Waals surface area contributed by atoms with Gasteiger partial charge in [-0.2, -0.15) is 5.10 Å². The first-order chi connectivity index (χ1) is 9.61. The Bertz CT molecular complexity index is 718. The van der Waals surface area contributed by atoms with Gasteiger partial charge < -0.3 is 5.32 Å². The Kier molecular flexibility index (Phi) is 4.53. The quantitative estimate of drug-likeness (QED) is 0.869. The first kappa shape index (κ1) is 14.3. The van der Waals surface area contributed by atoms with Gasteiger partial charge in [0.1, 0.15) is 11.0 Å². The minimum absolute atomic E-state index is 0.150. The molecule has 0 aromatic carbocycles. The fourth-order valence-electron chi connectivity index (χ4n) is 1.67. The summed E-state index contributed by atoms with van der Waals surface area (Å²) in [4.78, 5) is 16.3. The van der Waals surface area contributed by atoms with E-state index in [1.807, 2.05) is 25.1 Å². The van der Waals surface area contributed by atoms with Crippen LogP contribution in [0.25, 0.3) is 0 Å². The Hall–Kier alpha value is -2.13. The lowest BCUT2D eigenvalue weighted by Gasteiger charge is -2.09. The second kappa shape index (κ2) is 6.35. The highest BCUT2D eigenvalue weighted by atomic mass is 79.9. The molecule has 20 heavy (non-hydrogen) atoms. The smallest absolute Gasteiger partial charge is 0.284 e. The van der Waals surface area contributed by atoms with Gasteiger partial charge in [-0.05, 0) is 35.0 Å². The molecule has 5 nitrogen and oxygen atoms in total. The van der Waals surface area contributed by atoms with Crippen LogP contribution in [0.15, 0.2) is 33.7 Å². The zero-order valence-electron chi connectivity index (χ0n) is 10.9. The van der Waals surface area contributed by atoms with Gasteiger partial charge in [-0.3, -0.25) is 9.78 Å². The molecule has 0 unspecified atom stereocenters. The van der Waals surface area contributed by atoms with Crippen molar-refractivity contribution >= 4 is 21.6 Å². The Morgan fingerprint density at radius 1 is 1.50 bits per heavy atom. The second-order valence-corrected chi connectivity index (χ2v) is 4.96. The summed E-state index contributed by atoms with van der Waals surface area (Å²) < 4.78 is 1.63. The summed E-state index contributed by atoms with van der Waals surface area (Å²) in [5, 5.41) is 7.14. The Balaban J connectivity index is 2.17. The molecule has 0 amide bonds. The van der Waals surface area contributed by atoms with Crippen LogP contribution in [0, 0.1) is 19.3 Å². The molecule has 0 saturated heterocycles. The van der Waals surface area contributed by atoms with E-state index in [1.54, 1.807) is 6.20 Å². The number of hydrogen-bond acceptors (Lipinski definition) is 4. The zero-order chi connectivity index (χ0) is 14.5. The molecule has 0 atom stereocenters. The molecule has 102 valence electrons. The third kappa shape index (κ3) is 3.25. The Morgan fingerprint density at radius 3 is 3.00 bits per heavy atom. The molecule has 2 rings (SSSR count). The molecular weight excluding hydrogens is 320 g/mol. The van der Waals surface area contributed by atoms with Gasteiger partial charge in [0.05, 0.1) is 24.1 Å². The molecular formula is C14H13BrN4O. The van der Waals surface area contributed by atoms with Gasteiger partial charge in [0, 0.05) is 5.69 Å². The van der Waals surface area contributed by atoms with E-state index < -0.39 is 0 Å². The van der Waals surface area contributed by atoms with E-state index in [4.69, 9.17) is 6.42 Å². The average Bonchev–Trinajstić information content (AvgIpc) is 2.43. The summed E-state index contributed by atoms with van der Waals surface area (Å²) in [6.45, 7) is 2.60. The molecule has 0 aliphatic rings. The highest BCUT2D eigenvalue weighted by Crippen LogP contribution is 2.16. The van der Waals surface area contributed by atoms with Crippen molar-refractivity contribution in [2.45, 2.75) is 20.0 Å². The summed E-state index contributed by atoms with van der Waals surface area (Å²) in [5.74, 6) is 2.38. The van der Waals surface area contributed by atoms with E-state index in [0.717, 1.165) is 11.4 Å². The number of hydrogen-bond donors (Lipinski definition) is 1. The number of nitrogens with one attached hydrogen (secondary N) is 1. The molecule has 2 aromatic rings. The van der Waals surface area contributed by atoms with E-state index >= 15 is 0 Å². The monoisotopic (exact) mass is 332 g/mol. The molecule has 0 bridgehead atoms. The summed E-state index contributed by atoms with van der Waals surface area (Å²) in [6, 6.07) is 5.79. The van der Waals surface area contributed by atoms with Gasteiger partial charge in [-0.25, -0.2) is 4.68 Å². The van der Waals surface area contributed by atoms with Gasteiger partial charge in [-0.15, -0.1) is 6.42 Å². The Morgan fingerprint density at radius 2 is 2.30 bits per heavy atom. The minimum Gasteiger partial charge on any atom is -0.377 e. The maximum absolute atomic E-state index is 11.9. The SMILES string of the molecule is C#CCn1ncc(NCc2cccc(C)n2)c(Br)c1=O. The number of aryl methyl sites for hydroxylation is 1. The molecule has 0 saturated carbocycles. The van der Waals surface area contributed by atoms with Crippen molar-refractivity contribution in [2.24, 2.45) is 0 Å². The van der Waals surface area contributed by atoms with Crippen LogP contribution in [0.2, 0.25) is 0 Å². The van der Waals surface area contributed by atoms with Crippen LogP contribution < -0.4 is 10.9 Å². The number of rotatable bonds is 4. The minimum atomic E-state index is -0.259. The standard InChI is InChI=1S/C14H13BrN4O/c1-3-7-19-14(20)13(15)12(9-17-19)16-8-11-6-4-5-10(2)18-11/h1,4-6,9,16H,7-8H2,2H3. The highest BCUT2D eigenvalue weighted by Gasteiger charge is 2.08.